The van der Waals surface area contributed by atoms with Gasteiger partial charge in [0.15, 0.2) is 0 Å². The number of hydrogen-bond acceptors (Lipinski definition) is 5. The van der Waals surface area contributed by atoms with Crippen molar-refractivity contribution in [1.29, 1.82) is 0 Å². The van der Waals surface area contributed by atoms with Gasteiger partial charge in [0, 0.05) is 6.42 Å². The van der Waals surface area contributed by atoms with Crippen LogP contribution < -0.4 is 10.6 Å². The summed E-state index contributed by atoms with van der Waals surface area (Å²) in [6, 6.07) is 9.31. The third-order valence-electron chi connectivity index (χ3n) is 6.50. The molecule has 0 heterocycles. The molecule has 35 heavy (non-hydrogen) atoms. The number of aliphatic hydroxyl groups is 1. The Kier molecular flexibility index (Phi) is 11.7. The minimum absolute atomic E-state index is 0.00456. The zero-order valence-corrected chi connectivity index (χ0v) is 20.8. The third kappa shape index (κ3) is 9.32. The molecule has 0 spiro atoms. The highest BCUT2D eigenvalue weighted by Gasteiger charge is 2.35. The van der Waals surface area contributed by atoms with Gasteiger partial charge in [0.05, 0.1) is 30.0 Å². The number of amides is 2. The van der Waals surface area contributed by atoms with E-state index in [2.05, 4.69) is 23.8 Å². The molecule has 1 saturated carbocycles. The number of ether oxygens (including phenoxy) is 1. The van der Waals surface area contributed by atoms with Gasteiger partial charge in [-0.1, -0.05) is 55.3 Å². The van der Waals surface area contributed by atoms with Gasteiger partial charge in [-0.3, -0.25) is 14.4 Å². The molecule has 1 aliphatic rings. The number of nitrogens with one attached hydrogen (secondary N) is 2. The van der Waals surface area contributed by atoms with E-state index in [1.165, 1.54) is 0 Å². The lowest BCUT2D eigenvalue weighted by Crippen LogP contribution is -2.50. The summed E-state index contributed by atoms with van der Waals surface area (Å²) >= 11 is 0. The van der Waals surface area contributed by atoms with Crippen molar-refractivity contribution in [2.24, 2.45) is 11.8 Å². The molecule has 7 heteroatoms. The SMILES string of the molecule is C=CC[C@H](CC(=O)NC1(CO)CCCC1)C(=O)N[C@@H](C)COC(=O)[C@H](CC=C)Cc1ccccc1. The molecule has 0 saturated heterocycles. The second-order valence-electron chi connectivity index (χ2n) is 9.57. The fourth-order valence-corrected chi connectivity index (χ4v) is 4.52. The molecular formula is C28H40N2O5. The van der Waals surface area contributed by atoms with Crippen LogP contribution in [0.15, 0.2) is 55.6 Å². The predicted octanol–water partition coefficient (Wildman–Crippen LogP) is 3.47. The second-order valence-corrected chi connectivity index (χ2v) is 9.57. The van der Waals surface area contributed by atoms with Crippen molar-refractivity contribution in [1.82, 2.24) is 10.6 Å². The zero-order valence-electron chi connectivity index (χ0n) is 20.8. The van der Waals surface area contributed by atoms with E-state index in [0.29, 0.717) is 19.3 Å². The molecule has 3 atom stereocenters. The Bertz CT molecular complexity index is 848. The maximum absolute atomic E-state index is 12.8. The van der Waals surface area contributed by atoms with Gasteiger partial charge in [-0.05, 0) is 44.6 Å². The average molecular weight is 485 g/mol. The average Bonchev–Trinajstić information content (AvgIpc) is 3.31. The van der Waals surface area contributed by atoms with E-state index < -0.39 is 17.5 Å². The number of esters is 1. The van der Waals surface area contributed by atoms with Crippen molar-refractivity contribution < 1.29 is 24.2 Å². The monoisotopic (exact) mass is 484 g/mol. The Morgan fingerprint density at radius 3 is 2.31 bits per heavy atom. The van der Waals surface area contributed by atoms with E-state index in [4.69, 9.17) is 4.74 Å². The van der Waals surface area contributed by atoms with Crippen molar-refractivity contribution >= 4 is 17.8 Å². The molecule has 1 aliphatic carbocycles. The molecule has 192 valence electrons. The molecule has 0 aromatic heterocycles. The van der Waals surface area contributed by atoms with Crippen LogP contribution in [0.25, 0.3) is 0 Å². The maximum Gasteiger partial charge on any atom is 0.309 e. The minimum atomic E-state index is -0.589. The molecule has 1 aromatic rings. The Morgan fingerprint density at radius 1 is 1.09 bits per heavy atom. The van der Waals surface area contributed by atoms with Gasteiger partial charge in [-0.15, -0.1) is 13.2 Å². The van der Waals surface area contributed by atoms with Gasteiger partial charge in [0.2, 0.25) is 11.8 Å². The first kappa shape index (κ1) is 28.3. The number of carbonyl (C=O) groups excluding carboxylic acids is 3. The highest BCUT2D eigenvalue weighted by atomic mass is 16.5. The molecule has 2 amide bonds. The van der Waals surface area contributed by atoms with Gasteiger partial charge in [0.1, 0.15) is 6.61 Å². The van der Waals surface area contributed by atoms with Crippen LogP contribution in [-0.4, -0.2) is 47.7 Å². The number of aliphatic hydroxyl groups excluding tert-OH is 1. The molecule has 3 N–H and O–H groups in total. The van der Waals surface area contributed by atoms with Gasteiger partial charge in [-0.2, -0.15) is 0 Å². The van der Waals surface area contributed by atoms with Crippen LogP contribution in [0.4, 0.5) is 0 Å². The van der Waals surface area contributed by atoms with Gasteiger partial charge >= 0.3 is 5.97 Å². The third-order valence-corrected chi connectivity index (χ3v) is 6.50. The summed E-state index contributed by atoms with van der Waals surface area (Å²) in [5.41, 5.74) is 0.471. The zero-order chi connectivity index (χ0) is 25.7. The van der Waals surface area contributed by atoms with E-state index in [1.807, 2.05) is 30.3 Å². The molecule has 1 aromatic carbocycles. The number of rotatable bonds is 15. The summed E-state index contributed by atoms with van der Waals surface area (Å²) in [5.74, 6) is -1.81. The Hall–Kier alpha value is -2.93. The summed E-state index contributed by atoms with van der Waals surface area (Å²) < 4.78 is 5.50. The number of hydrogen-bond donors (Lipinski definition) is 3. The van der Waals surface area contributed by atoms with Gasteiger partial charge < -0.3 is 20.5 Å². The van der Waals surface area contributed by atoms with Crippen molar-refractivity contribution in [3.05, 3.63) is 61.2 Å². The van der Waals surface area contributed by atoms with Crippen LogP contribution in [0.5, 0.6) is 0 Å². The normalized spacial score (nSPS) is 17.0. The van der Waals surface area contributed by atoms with E-state index in [0.717, 1.165) is 31.2 Å². The summed E-state index contributed by atoms with van der Waals surface area (Å²) in [4.78, 5) is 38.1. The maximum atomic E-state index is 12.8. The fourth-order valence-electron chi connectivity index (χ4n) is 4.52. The molecule has 7 nitrogen and oxygen atoms in total. The summed E-state index contributed by atoms with van der Waals surface area (Å²) in [5, 5.41) is 15.5. The highest BCUT2D eigenvalue weighted by Crippen LogP contribution is 2.29. The Morgan fingerprint density at radius 2 is 1.71 bits per heavy atom. The number of benzene rings is 1. The van der Waals surface area contributed by atoms with Crippen LogP contribution in [0.1, 0.15) is 57.4 Å². The fraction of sp³-hybridized carbons (Fsp3) is 0.536. The second kappa shape index (κ2) is 14.5. The molecular weight excluding hydrogens is 444 g/mol. The topological polar surface area (TPSA) is 105 Å². The van der Waals surface area contributed by atoms with E-state index in [9.17, 15) is 19.5 Å². The predicted molar refractivity (Wildman–Crippen MR) is 136 cm³/mol. The van der Waals surface area contributed by atoms with Crippen molar-refractivity contribution in [3.63, 3.8) is 0 Å². The Balaban J connectivity index is 1.85. The van der Waals surface area contributed by atoms with Crippen LogP contribution in [-0.2, 0) is 25.5 Å². The van der Waals surface area contributed by atoms with Crippen LogP contribution in [0, 0.1) is 11.8 Å². The Labute approximate surface area is 209 Å². The summed E-state index contributed by atoms with van der Waals surface area (Å²) in [6.07, 6.45) is 8.14. The van der Waals surface area contributed by atoms with Gasteiger partial charge in [-0.25, -0.2) is 0 Å². The van der Waals surface area contributed by atoms with Crippen LogP contribution in [0.3, 0.4) is 0 Å². The summed E-state index contributed by atoms with van der Waals surface area (Å²) in [6.45, 7) is 9.14. The van der Waals surface area contributed by atoms with Crippen LogP contribution in [0.2, 0.25) is 0 Å². The van der Waals surface area contributed by atoms with E-state index >= 15 is 0 Å². The molecule has 2 rings (SSSR count). The first-order valence-electron chi connectivity index (χ1n) is 12.5. The van der Waals surface area contributed by atoms with E-state index in [-0.39, 0.29) is 43.3 Å². The van der Waals surface area contributed by atoms with Gasteiger partial charge in [0.25, 0.3) is 0 Å². The first-order valence-corrected chi connectivity index (χ1v) is 12.5. The van der Waals surface area contributed by atoms with E-state index in [1.54, 1.807) is 19.1 Å². The lowest BCUT2D eigenvalue weighted by molar-refractivity contribution is -0.149. The standard InChI is InChI=1S/C28H40N2O5/c1-4-11-23(18-25(32)30-28(20-31)15-9-10-16-28)26(33)29-21(3)19-35-27(34)24(12-5-2)17-22-13-7-6-8-14-22/h4-8,13-14,21,23-24,31H,1-2,9-12,15-20H2,3H3,(H,29,33)(H,30,32)/t21-,23+,24+/m0/s1. The molecule has 0 aliphatic heterocycles. The number of carbonyl (C=O) groups is 3. The summed E-state index contributed by atoms with van der Waals surface area (Å²) in [7, 11) is 0. The minimum Gasteiger partial charge on any atom is -0.463 e. The molecule has 1 fully saturated rings. The van der Waals surface area contributed by atoms with Crippen molar-refractivity contribution in [2.75, 3.05) is 13.2 Å². The largest absolute Gasteiger partial charge is 0.463 e. The lowest BCUT2D eigenvalue weighted by Gasteiger charge is -2.29. The first-order chi connectivity index (χ1) is 16.8. The highest BCUT2D eigenvalue weighted by molar-refractivity contribution is 5.86. The molecule has 0 unspecified atom stereocenters. The van der Waals surface area contributed by atoms with Crippen molar-refractivity contribution in [2.45, 2.75) is 69.9 Å². The number of allylic oxidation sites excluding steroid dienone is 2. The lowest BCUT2D eigenvalue weighted by atomic mass is 9.95. The van der Waals surface area contributed by atoms with Crippen LogP contribution >= 0.6 is 0 Å². The molecule has 0 radical (unpaired) electrons. The molecule has 0 bridgehead atoms. The quantitative estimate of drug-likeness (QED) is 0.261. The smallest absolute Gasteiger partial charge is 0.309 e. The van der Waals surface area contributed by atoms with Crippen molar-refractivity contribution in [3.8, 4) is 0 Å².